The number of aryl methyl sites for hydroxylation is 1. The van der Waals surface area contributed by atoms with E-state index >= 15 is 0 Å². The van der Waals surface area contributed by atoms with Crippen molar-refractivity contribution in [3.05, 3.63) is 145 Å². The molecule has 0 aliphatic rings. The smallest absolute Gasteiger partial charge is 0.279 e. The number of nitro benzene ring substituents is 1. The monoisotopic (exact) mass is 715 g/mol. The number of H-pyrrole nitrogens is 1. The molecule has 6 aromatic rings. The second-order valence-electron chi connectivity index (χ2n) is 11.2. The summed E-state index contributed by atoms with van der Waals surface area (Å²) in [6, 6.07) is 30.2. The van der Waals surface area contributed by atoms with Crippen molar-refractivity contribution in [3.63, 3.8) is 0 Å². The first-order chi connectivity index (χ1) is 21.1. The van der Waals surface area contributed by atoms with E-state index in [0.717, 1.165) is 25.6 Å². The van der Waals surface area contributed by atoms with Crippen molar-refractivity contribution >= 4 is 59.4 Å². The SMILES string of the molecule is CN(C)C(c1ccccc1Br)c1c[nH]c2cccc([N+](=O)[O-])c12.CN(C)C(c1ccccc1Br)c1cn(C)c2ccccc12. The second-order valence-corrected chi connectivity index (χ2v) is 12.9. The van der Waals surface area contributed by atoms with Crippen molar-refractivity contribution in [1.29, 1.82) is 0 Å². The molecule has 1 N–H and O–H groups in total. The molecule has 0 saturated carbocycles. The number of benzene rings is 4. The molecule has 2 heterocycles. The lowest BCUT2D eigenvalue weighted by Crippen LogP contribution is -2.21. The highest BCUT2D eigenvalue weighted by atomic mass is 79.9. The van der Waals surface area contributed by atoms with Crippen LogP contribution in [0.15, 0.2) is 112 Å². The minimum Gasteiger partial charge on any atom is -0.361 e. The highest BCUT2D eigenvalue weighted by molar-refractivity contribution is 9.10. The number of aromatic nitrogens is 2. The quantitative estimate of drug-likeness (QED) is 0.132. The fourth-order valence-corrected chi connectivity index (χ4v) is 6.99. The van der Waals surface area contributed by atoms with Gasteiger partial charge in [-0.2, -0.15) is 0 Å². The van der Waals surface area contributed by atoms with Crippen LogP contribution in [0.25, 0.3) is 21.8 Å². The van der Waals surface area contributed by atoms with E-state index in [1.54, 1.807) is 12.1 Å². The number of nitrogens with zero attached hydrogens (tertiary/aromatic N) is 4. The Morgan fingerprint density at radius 1 is 0.727 bits per heavy atom. The van der Waals surface area contributed by atoms with Crippen LogP contribution in [0.3, 0.4) is 0 Å². The third kappa shape index (κ3) is 6.23. The molecule has 4 aromatic carbocycles. The molecule has 0 aliphatic heterocycles. The first kappa shape index (κ1) is 31.7. The maximum Gasteiger partial charge on any atom is 0.279 e. The number of hydrogen-bond acceptors (Lipinski definition) is 4. The molecule has 0 radical (unpaired) electrons. The van der Waals surface area contributed by atoms with E-state index in [2.05, 4.69) is 127 Å². The third-order valence-electron chi connectivity index (χ3n) is 7.86. The van der Waals surface area contributed by atoms with Crippen molar-refractivity contribution in [2.24, 2.45) is 7.05 Å². The zero-order valence-electron chi connectivity index (χ0n) is 25.3. The van der Waals surface area contributed by atoms with Crippen molar-refractivity contribution in [1.82, 2.24) is 19.4 Å². The molecule has 44 heavy (non-hydrogen) atoms. The summed E-state index contributed by atoms with van der Waals surface area (Å²) in [6.45, 7) is 0. The molecule has 2 unspecified atom stereocenters. The Kier molecular flexibility index (Phi) is 9.70. The van der Waals surface area contributed by atoms with Gasteiger partial charge in [0.2, 0.25) is 0 Å². The van der Waals surface area contributed by atoms with Gasteiger partial charge < -0.3 is 9.55 Å². The summed E-state index contributed by atoms with van der Waals surface area (Å²) in [5, 5.41) is 13.4. The van der Waals surface area contributed by atoms with Gasteiger partial charge in [-0.25, -0.2) is 0 Å². The van der Waals surface area contributed by atoms with E-state index in [1.807, 2.05) is 50.6 Å². The average molecular weight is 718 g/mol. The topological polar surface area (TPSA) is 70.3 Å². The molecule has 0 amide bonds. The lowest BCUT2D eigenvalue weighted by Gasteiger charge is -2.25. The second kappa shape index (κ2) is 13.5. The van der Waals surface area contributed by atoms with Gasteiger partial charge in [0.15, 0.2) is 0 Å². The van der Waals surface area contributed by atoms with E-state index in [1.165, 1.54) is 22.0 Å². The Morgan fingerprint density at radius 2 is 1.27 bits per heavy atom. The largest absolute Gasteiger partial charge is 0.361 e. The molecule has 226 valence electrons. The fourth-order valence-electron chi connectivity index (χ4n) is 5.99. The molecule has 0 saturated heterocycles. The Hall–Kier alpha value is -3.76. The van der Waals surface area contributed by atoms with E-state index in [4.69, 9.17) is 0 Å². The van der Waals surface area contributed by atoms with Gasteiger partial charge in [-0.1, -0.05) is 92.5 Å². The molecule has 2 aromatic heterocycles. The van der Waals surface area contributed by atoms with E-state index in [0.29, 0.717) is 5.39 Å². The number of non-ortho nitro benzene ring substituents is 1. The first-order valence-electron chi connectivity index (χ1n) is 14.2. The third-order valence-corrected chi connectivity index (χ3v) is 9.30. The number of aromatic amines is 1. The summed E-state index contributed by atoms with van der Waals surface area (Å²) < 4.78 is 4.33. The van der Waals surface area contributed by atoms with Gasteiger partial charge in [0, 0.05) is 50.9 Å². The predicted octanol–water partition coefficient (Wildman–Crippen LogP) is 9.08. The Bertz CT molecular complexity index is 1930. The number of rotatable bonds is 7. The number of fused-ring (bicyclic) bond motifs is 2. The Morgan fingerprint density at radius 3 is 1.84 bits per heavy atom. The van der Waals surface area contributed by atoms with Gasteiger partial charge in [-0.15, -0.1) is 0 Å². The highest BCUT2D eigenvalue weighted by Gasteiger charge is 2.26. The number of para-hydroxylation sites is 1. The van der Waals surface area contributed by atoms with Crippen molar-refractivity contribution in [2.75, 3.05) is 28.2 Å². The predicted molar refractivity (Wildman–Crippen MR) is 187 cm³/mol. The standard InChI is InChI=1S/C18H19BrN2.C17H16BrN3O2/c1-20(2)18(14-9-4-6-10-16(14)19)15-12-21(3)17-11-7-5-8-13(15)17;1-20(2)17(11-6-3-4-7-13(11)18)12-10-19-14-8-5-9-15(16(12)14)21(22)23/h4-12,18H,1-3H3;3-10,17,19H,1-2H3. The van der Waals surface area contributed by atoms with Gasteiger partial charge in [-0.3, -0.25) is 19.9 Å². The summed E-state index contributed by atoms with van der Waals surface area (Å²) in [5.41, 5.74) is 6.75. The summed E-state index contributed by atoms with van der Waals surface area (Å²) in [6.07, 6.45) is 4.11. The number of nitrogens with one attached hydrogen (secondary N) is 1. The van der Waals surface area contributed by atoms with Crippen molar-refractivity contribution in [2.45, 2.75) is 12.1 Å². The van der Waals surface area contributed by atoms with Crippen LogP contribution in [-0.2, 0) is 7.05 Å². The Labute approximate surface area is 274 Å². The lowest BCUT2D eigenvalue weighted by atomic mass is 9.96. The van der Waals surface area contributed by atoms with Crippen LogP contribution < -0.4 is 0 Å². The normalized spacial score (nSPS) is 12.8. The van der Waals surface area contributed by atoms with Crippen LogP contribution in [0.2, 0.25) is 0 Å². The number of halogens is 2. The van der Waals surface area contributed by atoms with Crippen LogP contribution in [0.4, 0.5) is 5.69 Å². The molecule has 9 heteroatoms. The molecule has 7 nitrogen and oxygen atoms in total. The minimum atomic E-state index is -0.327. The Balaban J connectivity index is 0.000000175. The molecular formula is C35H35Br2N5O2. The van der Waals surface area contributed by atoms with Crippen LogP contribution in [0.1, 0.15) is 34.3 Å². The number of nitro groups is 1. The number of hydrogen-bond donors (Lipinski definition) is 1. The molecule has 2 atom stereocenters. The molecule has 0 aliphatic carbocycles. The average Bonchev–Trinajstić information content (AvgIpc) is 3.57. The van der Waals surface area contributed by atoms with Crippen LogP contribution >= 0.6 is 31.9 Å². The van der Waals surface area contributed by atoms with Gasteiger partial charge in [0.05, 0.1) is 27.9 Å². The van der Waals surface area contributed by atoms with Crippen LogP contribution in [0.5, 0.6) is 0 Å². The van der Waals surface area contributed by atoms with Crippen molar-refractivity contribution < 1.29 is 4.92 Å². The first-order valence-corrected chi connectivity index (χ1v) is 15.8. The molecular weight excluding hydrogens is 682 g/mol. The van der Waals surface area contributed by atoms with Crippen LogP contribution in [-0.4, -0.2) is 52.5 Å². The lowest BCUT2D eigenvalue weighted by molar-refractivity contribution is -0.383. The zero-order valence-corrected chi connectivity index (χ0v) is 28.5. The molecule has 0 fully saturated rings. The van der Waals surface area contributed by atoms with E-state index in [9.17, 15) is 10.1 Å². The summed E-state index contributed by atoms with van der Waals surface area (Å²) in [5.74, 6) is 0. The minimum absolute atomic E-state index is 0.0968. The van der Waals surface area contributed by atoms with Gasteiger partial charge in [-0.05, 0) is 69.1 Å². The van der Waals surface area contributed by atoms with Gasteiger partial charge in [0.25, 0.3) is 5.69 Å². The zero-order chi connectivity index (χ0) is 31.5. The van der Waals surface area contributed by atoms with E-state index in [-0.39, 0.29) is 22.7 Å². The molecule has 0 spiro atoms. The van der Waals surface area contributed by atoms with Gasteiger partial charge >= 0.3 is 0 Å². The summed E-state index contributed by atoms with van der Waals surface area (Å²) in [4.78, 5) is 18.6. The maximum atomic E-state index is 11.4. The van der Waals surface area contributed by atoms with Crippen molar-refractivity contribution in [3.8, 4) is 0 Å². The summed E-state index contributed by atoms with van der Waals surface area (Å²) in [7, 11) is 10.3. The van der Waals surface area contributed by atoms with Crippen LogP contribution in [0, 0.1) is 10.1 Å². The van der Waals surface area contributed by atoms with Gasteiger partial charge in [0.1, 0.15) is 0 Å². The maximum absolute atomic E-state index is 11.4. The molecule has 6 rings (SSSR count). The summed E-state index contributed by atoms with van der Waals surface area (Å²) >= 11 is 7.29. The fraction of sp³-hybridized carbons (Fsp3) is 0.200. The van der Waals surface area contributed by atoms with E-state index < -0.39 is 0 Å². The highest BCUT2D eigenvalue weighted by Crippen LogP contribution is 2.39. The molecule has 0 bridgehead atoms.